The zero-order chi connectivity index (χ0) is 26.3. The summed E-state index contributed by atoms with van der Waals surface area (Å²) >= 11 is 1.70. The monoisotopic (exact) mass is 529 g/mol. The van der Waals surface area contributed by atoms with E-state index in [-0.39, 0.29) is 12.1 Å². The van der Waals surface area contributed by atoms with Gasteiger partial charge in [0.25, 0.3) is 0 Å². The summed E-state index contributed by atoms with van der Waals surface area (Å²) in [6.45, 7) is 7.10. The van der Waals surface area contributed by atoms with Crippen molar-refractivity contribution < 1.29 is 9.59 Å². The van der Waals surface area contributed by atoms with E-state index in [0.717, 1.165) is 49.2 Å². The third-order valence-corrected chi connectivity index (χ3v) is 8.22. The normalized spacial score (nSPS) is 16.2. The Kier molecular flexibility index (Phi) is 8.53. The number of nitrogens with one attached hydrogen (secondary N) is 3. The third-order valence-electron chi connectivity index (χ3n) is 7.28. The molecule has 1 aliphatic heterocycles. The van der Waals surface area contributed by atoms with E-state index < -0.39 is 11.8 Å². The fourth-order valence-electron chi connectivity index (χ4n) is 5.32. The summed E-state index contributed by atoms with van der Waals surface area (Å²) in [5.74, 6) is -1.17. The minimum atomic E-state index is -0.589. The zero-order valence-electron chi connectivity index (χ0n) is 21.7. The summed E-state index contributed by atoms with van der Waals surface area (Å²) in [6, 6.07) is 22.6. The fourth-order valence-corrected chi connectivity index (χ4v) is 6.29. The molecule has 0 bridgehead atoms. The number of piperazine rings is 1. The average molecular weight is 530 g/mol. The second kappa shape index (κ2) is 12.4. The number of fused-ring (bicyclic) bond motifs is 1. The van der Waals surface area contributed by atoms with Gasteiger partial charge in [-0.1, -0.05) is 54.6 Å². The molecule has 0 spiro atoms. The first kappa shape index (κ1) is 26.2. The van der Waals surface area contributed by atoms with Crippen molar-refractivity contribution in [3.8, 4) is 0 Å². The standard InChI is InChI=1S/C30H35N5O2S/c1-22(33-30(37)29(36)31-14-13-24-20-32-26-11-6-5-10-25(24)26)28(27-12-7-19-38-27)35-17-15-34(16-18-35)21-23-8-3-2-4-9-23/h2-12,19-20,22,28,32H,13-18,21H2,1H3,(H,31,36)(H,33,37)/t22-,28-/m0/s1. The molecule has 1 aliphatic rings. The van der Waals surface area contributed by atoms with Crippen molar-refractivity contribution in [1.29, 1.82) is 0 Å². The Balaban J connectivity index is 1.14. The number of aromatic nitrogens is 1. The number of rotatable bonds is 9. The van der Waals surface area contributed by atoms with E-state index in [9.17, 15) is 9.59 Å². The number of amides is 2. The summed E-state index contributed by atoms with van der Waals surface area (Å²) in [5, 5.41) is 8.98. The van der Waals surface area contributed by atoms with E-state index in [1.807, 2.05) is 43.5 Å². The van der Waals surface area contributed by atoms with E-state index in [0.29, 0.717) is 13.0 Å². The number of aromatic amines is 1. The average Bonchev–Trinajstić information content (AvgIpc) is 3.61. The van der Waals surface area contributed by atoms with Crippen LogP contribution >= 0.6 is 11.3 Å². The highest BCUT2D eigenvalue weighted by Crippen LogP contribution is 2.29. The smallest absolute Gasteiger partial charge is 0.309 e. The predicted molar refractivity (Wildman–Crippen MR) is 153 cm³/mol. The van der Waals surface area contributed by atoms with E-state index in [2.05, 4.69) is 67.2 Å². The summed E-state index contributed by atoms with van der Waals surface area (Å²) in [7, 11) is 0. The molecular formula is C30H35N5O2S. The maximum atomic E-state index is 12.8. The molecule has 4 aromatic rings. The SMILES string of the molecule is C[C@H](NC(=O)C(=O)NCCc1c[nH]c2ccccc12)[C@@H](c1cccs1)N1CCN(Cc2ccccc2)CC1. The van der Waals surface area contributed by atoms with Crippen LogP contribution in [0.4, 0.5) is 0 Å². The number of thiophene rings is 1. The van der Waals surface area contributed by atoms with Gasteiger partial charge >= 0.3 is 11.8 Å². The Morgan fingerprint density at radius 3 is 2.47 bits per heavy atom. The van der Waals surface area contributed by atoms with Crippen molar-refractivity contribution in [2.75, 3.05) is 32.7 Å². The van der Waals surface area contributed by atoms with E-state index in [4.69, 9.17) is 0 Å². The van der Waals surface area contributed by atoms with Crippen molar-refractivity contribution in [3.05, 3.63) is 94.3 Å². The molecule has 198 valence electrons. The molecule has 0 aliphatic carbocycles. The van der Waals surface area contributed by atoms with Crippen LogP contribution < -0.4 is 10.6 Å². The summed E-state index contributed by atoms with van der Waals surface area (Å²) < 4.78 is 0. The fraction of sp³-hybridized carbons (Fsp3) is 0.333. The first-order chi connectivity index (χ1) is 18.6. The van der Waals surface area contributed by atoms with Gasteiger partial charge in [-0.15, -0.1) is 11.3 Å². The lowest BCUT2D eigenvalue weighted by Crippen LogP contribution is -2.53. The number of hydrogen-bond acceptors (Lipinski definition) is 5. The summed E-state index contributed by atoms with van der Waals surface area (Å²) in [4.78, 5) is 34.8. The Labute approximate surface area is 227 Å². The first-order valence-electron chi connectivity index (χ1n) is 13.3. The van der Waals surface area contributed by atoms with E-state index in [1.54, 1.807) is 11.3 Å². The van der Waals surface area contributed by atoms with Crippen LogP contribution in [0.5, 0.6) is 0 Å². The molecular weight excluding hydrogens is 494 g/mol. The van der Waals surface area contributed by atoms with Crippen LogP contribution in [0.3, 0.4) is 0 Å². The Bertz CT molecular complexity index is 1330. The highest BCUT2D eigenvalue weighted by atomic mass is 32.1. The number of benzene rings is 2. The number of para-hydroxylation sites is 1. The number of nitrogens with zero attached hydrogens (tertiary/aromatic N) is 2. The summed E-state index contributed by atoms with van der Waals surface area (Å²) in [5.41, 5.74) is 3.52. The first-order valence-corrected chi connectivity index (χ1v) is 14.1. The Hall–Kier alpha value is -3.46. The van der Waals surface area contributed by atoms with E-state index in [1.165, 1.54) is 10.4 Å². The zero-order valence-corrected chi connectivity index (χ0v) is 22.5. The van der Waals surface area contributed by atoms with Crippen LogP contribution in [-0.4, -0.2) is 65.4 Å². The van der Waals surface area contributed by atoms with Crippen LogP contribution in [0.1, 0.15) is 29.0 Å². The van der Waals surface area contributed by atoms with Gasteiger partial charge in [0, 0.05) is 67.3 Å². The van der Waals surface area contributed by atoms with Gasteiger partial charge in [0.05, 0.1) is 6.04 Å². The molecule has 0 unspecified atom stereocenters. The Morgan fingerprint density at radius 1 is 0.947 bits per heavy atom. The van der Waals surface area contributed by atoms with Crippen LogP contribution in [0.25, 0.3) is 10.9 Å². The van der Waals surface area contributed by atoms with Gasteiger partial charge in [-0.2, -0.15) is 0 Å². The quantitative estimate of drug-likeness (QED) is 0.287. The molecule has 2 aromatic carbocycles. The van der Waals surface area contributed by atoms with Gasteiger partial charge in [-0.25, -0.2) is 0 Å². The van der Waals surface area contributed by atoms with Crippen molar-refractivity contribution >= 4 is 34.1 Å². The van der Waals surface area contributed by atoms with E-state index >= 15 is 0 Å². The van der Waals surface area contributed by atoms with Crippen LogP contribution in [0.2, 0.25) is 0 Å². The molecule has 5 rings (SSSR count). The number of carbonyl (C=O) groups is 2. The maximum absolute atomic E-state index is 12.8. The topological polar surface area (TPSA) is 80.5 Å². The van der Waals surface area contributed by atoms with Gasteiger partial charge in [0.15, 0.2) is 0 Å². The molecule has 1 saturated heterocycles. The lowest BCUT2D eigenvalue weighted by Gasteiger charge is -2.41. The predicted octanol–water partition coefficient (Wildman–Crippen LogP) is 3.95. The van der Waals surface area contributed by atoms with Gasteiger partial charge in [0.2, 0.25) is 0 Å². The minimum absolute atomic E-state index is 0.0249. The molecule has 3 heterocycles. The summed E-state index contributed by atoms with van der Waals surface area (Å²) in [6.07, 6.45) is 2.62. The number of carbonyl (C=O) groups excluding carboxylic acids is 2. The van der Waals surface area contributed by atoms with Crippen molar-refractivity contribution in [3.63, 3.8) is 0 Å². The molecule has 38 heavy (non-hydrogen) atoms. The van der Waals surface area contributed by atoms with Gasteiger partial charge in [0.1, 0.15) is 0 Å². The van der Waals surface area contributed by atoms with Crippen LogP contribution in [0.15, 0.2) is 78.3 Å². The van der Waals surface area contributed by atoms with Crippen LogP contribution in [-0.2, 0) is 22.6 Å². The van der Waals surface area contributed by atoms with Crippen molar-refractivity contribution in [1.82, 2.24) is 25.4 Å². The van der Waals surface area contributed by atoms with Crippen molar-refractivity contribution in [2.45, 2.75) is 32.0 Å². The molecule has 2 amide bonds. The largest absolute Gasteiger partial charge is 0.361 e. The highest BCUT2D eigenvalue weighted by Gasteiger charge is 2.31. The second-order valence-electron chi connectivity index (χ2n) is 9.89. The highest BCUT2D eigenvalue weighted by molar-refractivity contribution is 7.10. The molecule has 7 nitrogen and oxygen atoms in total. The molecule has 2 aromatic heterocycles. The molecule has 8 heteroatoms. The van der Waals surface area contributed by atoms with Gasteiger partial charge in [-0.3, -0.25) is 19.4 Å². The Morgan fingerprint density at radius 2 is 1.71 bits per heavy atom. The van der Waals surface area contributed by atoms with Crippen LogP contribution in [0, 0.1) is 0 Å². The molecule has 0 radical (unpaired) electrons. The molecule has 1 fully saturated rings. The minimum Gasteiger partial charge on any atom is -0.361 e. The number of hydrogen-bond donors (Lipinski definition) is 3. The lowest BCUT2D eigenvalue weighted by molar-refractivity contribution is -0.139. The number of H-pyrrole nitrogens is 1. The lowest BCUT2D eigenvalue weighted by atomic mass is 10.0. The third kappa shape index (κ3) is 6.32. The molecule has 0 saturated carbocycles. The molecule has 2 atom stereocenters. The second-order valence-corrected chi connectivity index (χ2v) is 10.9. The van der Waals surface area contributed by atoms with Gasteiger partial charge < -0.3 is 15.6 Å². The van der Waals surface area contributed by atoms with Crippen molar-refractivity contribution in [2.24, 2.45) is 0 Å². The van der Waals surface area contributed by atoms with Gasteiger partial charge in [-0.05, 0) is 42.0 Å². The molecule has 3 N–H and O–H groups in total. The maximum Gasteiger partial charge on any atom is 0.309 e.